The van der Waals surface area contributed by atoms with Gasteiger partial charge in [-0.15, -0.1) is 5.10 Å². The van der Waals surface area contributed by atoms with E-state index in [1.807, 2.05) is 0 Å². The Balaban J connectivity index is 1.84. The number of carbonyl (C=O) groups excluding carboxylic acids is 2. The van der Waals surface area contributed by atoms with Crippen molar-refractivity contribution in [2.24, 2.45) is 0 Å². The molecule has 7 heteroatoms. The lowest BCUT2D eigenvalue weighted by molar-refractivity contribution is -0.114. The molecule has 0 spiro atoms. The molecule has 0 saturated carbocycles. The van der Waals surface area contributed by atoms with E-state index in [4.69, 9.17) is 4.42 Å². The third kappa shape index (κ3) is 2.69. The summed E-state index contributed by atoms with van der Waals surface area (Å²) in [7, 11) is 0. The fourth-order valence-corrected chi connectivity index (χ4v) is 2.06. The monoisotopic (exact) mass is 299 g/mol. The maximum atomic E-state index is 13.3. The second kappa shape index (κ2) is 5.72. The number of hydrogen-bond donors (Lipinski definition) is 1. The van der Waals surface area contributed by atoms with E-state index in [-0.39, 0.29) is 12.2 Å². The molecule has 0 radical (unpaired) electrons. The first-order chi connectivity index (χ1) is 10.6. The number of carbonyl (C=O) groups is 2. The summed E-state index contributed by atoms with van der Waals surface area (Å²) < 4.78 is 18.5. The Kier molecular flexibility index (Phi) is 3.61. The summed E-state index contributed by atoms with van der Waals surface area (Å²) in [5.74, 6) is -1.80. The molecular weight excluding hydrogens is 289 g/mol. The summed E-state index contributed by atoms with van der Waals surface area (Å²) in [6.07, 6.45) is 2.36. The van der Waals surface area contributed by atoms with Crippen LogP contribution >= 0.6 is 0 Å². The fraction of sp³-hybridized carbons (Fsp3) is 0.0667. The van der Waals surface area contributed by atoms with Gasteiger partial charge in [-0.05, 0) is 23.8 Å². The van der Waals surface area contributed by atoms with Crippen molar-refractivity contribution >= 4 is 11.6 Å². The Morgan fingerprint density at radius 2 is 2.14 bits per heavy atom. The average Bonchev–Trinajstić information content (AvgIpc) is 3.18. The first kappa shape index (κ1) is 13.9. The third-order valence-electron chi connectivity index (χ3n) is 3.07. The molecule has 0 bridgehead atoms. The summed E-state index contributed by atoms with van der Waals surface area (Å²) >= 11 is 0. The zero-order valence-electron chi connectivity index (χ0n) is 11.2. The maximum Gasteiger partial charge on any atom is 0.268 e. The molecule has 0 amide bonds. The lowest BCUT2D eigenvalue weighted by Crippen LogP contribution is -2.18. The van der Waals surface area contributed by atoms with E-state index in [0.29, 0.717) is 16.9 Å². The molecule has 1 N–H and O–H groups in total. The van der Waals surface area contributed by atoms with Crippen LogP contribution in [0.15, 0.2) is 47.3 Å². The Labute approximate surface area is 124 Å². The number of nitrogens with one attached hydrogen (secondary N) is 1. The van der Waals surface area contributed by atoms with E-state index >= 15 is 0 Å². The van der Waals surface area contributed by atoms with Crippen molar-refractivity contribution in [2.75, 3.05) is 0 Å². The van der Waals surface area contributed by atoms with Crippen molar-refractivity contribution in [3.63, 3.8) is 0 Å². The van der Waals surface area contributed by atoms with Crippen LogP contribution in [0.5, 0.6) is 0 Å². The number of aromatic amines is 1. The van der Waals surface area contributed by atoms with Crippen molar-refractivity contribution in [2.45, 2.75) is 6.42 Å². The molecule has 0 unspecified atom stereocenters. The first-order valence-corrected chi connectivity index (χ1v) is 6.41. The van der Waals surface area contributed by atoms with Crippen molar-refractivity contribution in [1.82, 2.24) is 15.2 Å². The first-order valence-electron chi connectivity index (χ1n) is 6.41. The predicted octanol–water partition coefficient (Wildman–Crippen LogP) is 2.20. The van der Waals surface area contributed by atoms with Crippen molar-refractivity contribution in [3.05, 3.63) is 60.3 Å². The summed E-state index contributed by atoms with van der Waals surface area (Å²) in [4.78, 5) is 27.5. The quantitative estimate of drug-likeness (QED) is 0.576. The molecule has 2 heterocycles. The maximum absolute atomic E-state index is 13.3. The average molecular weight is 299 g/mol. The Morgan fingerprint density at radius 3 is 2.86 bits per heavy atom. The number of nitrogens with zero attached hydrogens (tertiary/aromatic N) is 2. The number of benzene rings is 1. The van der Waals surface area contributed by atoms with Gasteiger partial charge in [-0.2, -0.15) is 0 Å². The number of furan rings is 1. The van der Waals surface area contributed by atoms with Crippen LogP contribution in [-0.2, 0) is 11.2 Å². The minimum atomic E-state index is -0.803. The number of hydrogen-bond acceptors (Lipinski definition) is 5. The van der Waals surface area contributed by atoms with Gasteiger partial charge in [-0.1, -0.05) is 12.1 Å². The van der Waals surface area contributed by atoms with Crippen LogP contribution in [0, 0.1) is 5.82 Å². The summed E-state index contributed by atoms with van der Waals surface area (Å²) in [6, 6.07) is 7.52. The van der Waals surface area contributed by atoms with Gasteiger partial charge in [-0.3, -0.25) is 14.7 Å². The fourth-order valence-electron chi connectivity index (χ4n) is 2.06. The SMILES string of the molecule is O=C(Cc1occc1-c1cccc(F)c1)C(=O)c1nc[nH]n1. The second-order valence-electron chi connectivity index (χ2n) is 4.52. The van der Waals surface area contributed by atoms with Gasteiger partial charge >= 0.3 is 0 Å². The zero-order valence-corrected chi connectivity index (χ0v) is 11.2. The van der Waals surface area contributed by atoms with Crippen molar-refractivity contribution in [3.8, 4) is 11.1 Å². The van der Waals surface area contributed by atoms with Gasteiger partial charge in [0.25, 0.3) is 5.78 Å². The van der Waals surface area contributed by atoms with E-state index in [0.717, 1.165) is 0 Å². The summed E-state index contributed by atoms with van der Waals surface area (Å²) in [5.41, 5.74) is 1.14. The lowest BCUT2D eigenvalue weighted by atomic mass is 10.0. The molecule has 0 atom stereocenters. The van der Waals surface area contributed by atoms with Gasteiger partial charge in [-0.25, -0.2) is 9.37 Å². The van der Waals surface area contributed by atoms with Crippen LogP contribution in [-0.4, -0.2) is 26.7 Å². The second-order valence-corrected chi connectivity index (χ2v) is 4.52. The number of Topliss-reactive ketones (excluding diaryl/α,β-unsaturated/α-hetero) is 2. The minimum Gasteiger partial charge on any atom is -0.468 e. The molecule has 6 nitrogen and oxygen atoms in total. The normalized spacial score (nSPS) is 10.6. The Morgan fingerprint density at radius 1 is 1.27 bits per heavy atom. The van der Waals surface area contributed by atoms with Crippen LogP contribution in [0.2, 0.25) is 0 Å². The predicted molar refractivity (Wildman–Crippen MR) is 73.5 cm³/mol. The molecule has 3 rings (SSSR count). The number of H-pyrrole nitrogens is 1. The minimum absolute atomic E-state index is 0.191. The molecule has 0 fully saturated rings. The van der Waals surface area contributed by atoms with E-state index in [2.05, 4.69) is 15.2 Å². The largest absolute Gasteiger partial charge is 0.468 e. The molecule has 0 saturated heterocycles. The smallest absolute Gasteiger partial charge is 0.268 e. The van der Waals surface area contributed by atoms with Crippen molar-refractivity contribution < 1.29 is 18.4 Å². The van der Waals surface area contributed by atoms with Crippen LogP contribution < -0.4 is 0 Å². The Bertz CT molecular complexity index is 824. The molecule has 0 aliphatic carbocycles. The van der Waals surface area contributed by atoms with Crippen LogP contribution in [0.1, 0.15) is 16.4 Å². The number of ketones is 2. The van der Waals surface area contributed by atoms with Gasteiger partial charge in [0.1, 0.15) is 17.9 Å². The number of halogens is 1. The third-order valence-corrected chi connectivity index (χ3v) is 3.07. The Hall–Kier alpha value is -3.09. The topological polar surface area (TPSA) is 88.9 Å². The van der Waals surface area contributed by atoms with Gasteiger partial charge < -0.3 is 4.42 Å². The highest BCUT2D eigenvalue weighted by molar-refractivity contribution is 6.43. The highest BCUT2D eigenvalue weighted by Gasteiger charge is 2.23. The molecule has 1 aromatic carbocycles. The molecule has 0 aliphatic rings. The lowest BCUT2D eigenvalue weighted by Gasteiger charge is -2.02. The van der Waals surface area contributed by atoms with Crippen LogP contribution in [0.4, 0.5) is 4.39 Å². The highest BCUT2D eigenvalue weighted by atomic mass is 19.1. The van der Waals surface area contributed by atoms with Crippen molar-refractivity contribution in [1.29, 1.82) is 0 Å². The standard InChI is InChI=1S/C15H10FN3O3/c16-10-3-1-2-9(6-10)11-4-5-22-13(11)7-12(20)14(21)15-17-8-18-19-15/h1-6,8H,7H2,(H,17,18,19). The number of aromatic nitrogens is 3. The van der Waals surface area contributed by atoms with E-state index in [9.17, 15) is 14.0 Å². The van der Waals surface area contributed by atoms with E-state index in [1.54, 1.807) is 18.2 Å². The van der Waals surface area contributed by atoms with E-state index in [1.165, 1.54) is 24.7 Å². The molecular formula is C15H10FN3O3. The molecule has 3 aromatic rings. The van der Waals surface area contributed by atoms with Gasteiger partial charge in [0, 0.05) is 5.56 Å². The van der Waals surface area contributed by atoms with E-state index < -0.39 is 17.4 Å². The van der Waals surface area contributed by atoms with Gasteiger partial charge in [0.05, 0.1) is 12.7 Å². The summed E-state index contributed by atoms with van der Waals surface area (Å²) in [6.45, 7) is 0. The molecule has 0 aliphatic heterocycles. The molecule has 110 valence electrons. The molecule has 22 heavy (non-hydrogen) atoms. The van der Waals surface area contributed by atoms with Gasteiger partial charge in [0.2, 0.25) is 11.6 Å². The zero-order chi connectivity index (χ0) is 15.5. The summed E-state index contributed by atoms with van der Waals surface area (Å²) in [5, 5.41) is 5.94. The van der Waals surface area contributed by atoms with Crippen LogP contribution in [0.3, 0.4) is 0 Å². The number of rotatable bonds is 5. The highest BCUT2D eigenvalue weighted by Crippen LogP contribution is 2.26. The van der Waals surface area contributed by atoms with Gasteiger partial charge in [0.15, 0.2) is 0 Å². The van der Waals surface area contributed by atoms with Crippen LogP contribution in [0.25, 0.3) is 11.1 Å². The molecule has 2 aromatic heterocycles.